The van der Waals surface area contributed by atoms with Gasteiger partial charge in [-0.1, -0.05) is 13.3 Å². The smallest absolute Gasteiger partial charge is 0.328 e. The Kier molecular flexibility index (Phi) is 8.13. The van der Waals surface area contributed by atoms with Gasteiger partial charge in [-0.2, -0.15) is 0 Å². The molecule has 1 N–H and O–H groups in total. The number of hydrogen-bond acceptors (Lipinski definition) is 5. The summed E-state index contributed by atoms with van der Waals surface area (Å²) in [5.41, 5.74) is -1.80. The molecule has 0 aliphatic rings. The van der Waals surface area contributed by atoms with Crippen LogP contribution in [0.5, 0.6) is 0 Å². The van der Waals surface area contributed by atoms with Crippen molar-refractivity contribution in [3.63, 3.8) is 0 Å². The predicted octanol–water partition coefficient (Wildman–Crippen LogP) is 1.35. The van der Waals surface area contributed by atoms with Gasteiger partial charge in [0.2, 0.25) is 5.82 Å². The van der Waals surface area contributed by atoms with Crippen LogP contribution < -0.4 is 10.4 Å². The largest absolute Gasteiger partial charge is 0.550 e. The van der Waals surface area contributed by atoms with Crippen LogP contribution in [0.4, 0.5) is 22.0 Å². The van der Waals surface area contributed by atoms with Gasteiger partial charge in [0, 0.05) is 5.97 Å². The van der Waals surface area contributed by atoms with Crippen molar-refractivity contribution in [3.8, 4) is 0 Å². The maximum absolute atomic E-state index is 13.7. The minimum Gasteiger partial charge on any atom is -0.550 e. The Hall–Kier alpha value is -2.72. The van der Waals surface area contributed by atoms with Gasteiger partial charge < -0.3 is 20.0 Å². The summed E-state index contributed by atoms with van der Waals surface area (Å²) in [7, 11) is 0. The van der Waals surface area contributed by atoms with Gasteiger partial charge in [0.1, 0.15) is 11.6 Å². The molecule has 11 heteroatoms. The Balaban J connectivity index is 3.09. The van der Waals surface area contributed by atoms with Crippen LogP contribution in [0.3, 0.4) is 0 Å². The molecule has 0 aliphatic heterocycles. The van der Waals surface area contributed by atoms with E-state index in [-0.39, 0.29) is 6.61 Å². The molecule has 0 fully saturated rings. The van der Waals surface area contributed by atoms with Crippen LogP contribution in [-0.4, -0.2) is 30.5 Å². The number of amides is 1. The first-order valence-corrected chi connectivity index (χ1v) is 7.80. The molecule has 0 heterocycles. The van der Waals surface area contributed by atoms with E-state index < -0.39 is 71.4 Å². The summed E-state index contributed by atoms with van der Waals surface area (Å²) in [5.74, 6) is -16.4. The SMILES string of the molecule is CCCCOC(=O)[C@H](CCC(=O)[O-])NC(=O)c1c(F)c(F)c(F)c(F)c1F. The number of carboxylic acids is 1. The normalized spacial score (nSPS) is 11.8. The van der Waals surface area contributed by atoms with Crippen LogP contribution in [-0.2, 0) is 14.3 Å². The fourth-order valence-electron chi connectivity index (χ4n) is 1.96. The highest BCUT2D eigenvalue weighted by atomic mass is 19.2. The zero-order chi connectivity index (χ0) is 20.7. The number of aliphatic carboxylic acids is 1. The van der Waals surface area contributed by atoms with E-state index in [9.17, 15) is 41.4 Å². The number of ether oxygens (including phenoxy) is 1. The number of esters is 1. The molecule has 0 saturated heterocycles. The highest BCUT2D eigenvalue weighted by Crippen LogP contribution is 2.23. The van der Waals surface area contributed by atoms with E-state index in [1.165, 1.54) is 0 Å². The molecule has 0 unspecified atom stereocenters. The van der Waals surface area contributed by atoms with Crippen molar-refractivity contribution >= 4 is 17.8 Å². The third-order valence-electron chi connectivity index (χ3n) is 3.41. The molecule has 0 spiro atoms. The molecule has 0 aliphatic carbocycles. The maximum atomic E-state index is 13.7. The van der Waals surface area contributed by atoms with E-state index >= 15 is 0 Å². The van der Waals surface area contributed by atoms with Gasteiger partial charge in [-0.25, -0.2) is 26.7 Å². The van der Waals surface area contributed by atoms with Crippen LogP contribution in [0.2, 0.25) is 0 Å². The summed E-state index contributed by atoms with van der Waals surface area (Å²) in [6.07, 6.45) is -0.211. The summed E-state index contributed by atoms with van der Waals surface area (Å²) in [6, 6.07) is -1.69. The molecule has 1 rings (SSSR count). The van der Waals surface area contributed by atoms with E-state index in [4.69, 9.17) is 4.74 Å². The van der Waals surface area contributed by atoms with Crippen molar-refractivity contribution in [2.45, 2.75) is 38.6 Å². The standard InChI is InChI=1S/C16H16F5NO5/c1-2-3-6-27-16(26)7(4-5-8(23)24)22-15(25)9-10(17)12(19)14(21)13(20)11(9)18/h7H,2-6H2,1H3,(H,22,25)(H,23,24)/p-1/t7-/m0/s1. The van der Waals surface area contributed by atoms with Gasteiger partial charge in [-0.3, -0.25) is 4.79 Å². The van der Waals surface area contributed by atoms with Gasteiger partial charge in [-0.05, 0) is 19.3 Å². The van der Waals surface area contributed by atoms with Crippen LogP contribution in [0.15, 0.2) is 0 Å². The predicted molar refractivity (Wildman–Crippen MR) is 77.6 cm³/mol. The lowest BCUT2D eigenvalue weighted by Crippen LogP contribution is -2.43. The number of halogens is 5. The number of carboxylic acid groups (broad SMARTS) is 1. The topological polar surface area (TPSA) is 95.5 Å². The molecule has 1 aromatic rings. The van der Waals surface area contributed by atoms with E-state index in [0.29, 0.717) is 12.8 Å². The Bertz CT molecular complexity index is 711. The summed E-state index contributed by atoms with van der Waals surface area (Å²) < 4.78 is 71.5. The van der Waals surface area contributed by atoms with Crippen LogP contribution >= 0.6 is 0 Å². The fraction of sp³-hybridized carbons (Fsp3) is 0.438. The first kappa shape index (κ1) is 22.3. The molecule has 6 nitrogen and oxygen atoms in total. The van der Waals surface area contributed by atoms with E-state index in [1.807, 2.05) is 0 Å². The van der Waals surface area contributed by atoms with Gasteiger partial charge in [0.25, 0.3) is 5.91 Å². The molecule has 0 radical (unpaired) electrons. The Morgan fingerprint density at radius 1 is 1.00 bits per heavy atom. The van der Waals surface area contributed by atoms with E-state index in [2.05, 4.69) is 0 Å². The van der Waals surface area contributed by atoms with E-state index in [0.717, 1.165) is 0 Å². The highest BCUT2D eigenvalue weighted by Gasteiger charge is 2.32. The number of unbranched alkanes of at least 4 members (excludes halogenated alkanes) is 1. The van der Waals surface area contributed by atoms with Gasteiger partial charge in [0.15, 0.2) is 23.3 Å². The average molecular weight is 396 g/mol. The molecule has 27 heavy (non-hydrogen) atoms. The minimum atomic E-state index is -2.45. The van der Waals surface area contributed by atoms with E-state index in [1.54, 1.807) is 12.2 Å². The molecule has 1 amide bonds. The van der Waals surface area contributed by atoms with Crippen molar-refractivity contribution < 1.29 is 46.2 Å². The molecule has 0 aromatic heterocycles. The summed E-state index contributed by atoms with van der Waals surface area (Å²) in [4.78, 5) is 34.4. The average Bonchev–Trinajstić information content (AvgIpc) is 2.61. The van der Waals surface area contributed by atoms with Crippen molar-refractivity contribution in [3.05, 3.63) is 34.6 Å². The van der Waals surface area contributed by atoms with Gasteiger partial charge in [0.05, 0.1) is 6.61 Å². The number of benzene rings is 1. The molecular weight excluding hydrogens is 381 g/mol. The third-order valence-corrected chi connectivity index (χ3v) is 3.41. The number of carbonyl (C=O) groups is 3. The van der Waals surface area contributed by atoms with Crippen LogP contribution in [0.25, 0.3) is 0 Å². The maximum Gasteiger partial charge on any atom is 0.328 e. The zero-order valence-corrected chi connectivity index (χ0v) is 14.0. The second-order valence-electron chi connectivity index (χ2n) is 5.40. The van der Waals surface area contributed by atoms with Gasteiger partial charge >= 0.3 is 5.97 Å². The molecule has 1 aromatic carbocycles. The van der Waals surface area contributed by atoms with Crippen molar-refractivity contribution in [1.29, 1.82) is 0 Å². The van der Waals surface area contributed by atoms with Crippen molar-refractivity contribution in [1.82, 2.24) is 5.32 Å². The summed E-state index contributed by atoms with van der Waals surface area (Å²) in [6.45, 7) is 1.71. The number of carbonyl (C=O) groups excluding carboxylic acids is 3. The van der Waals surface area contributed by atoms with Crippen molar-refractivity contribution in [2.75, 3.05) is 6.61 Å². The van der Waals surface area contributed by atoms with Crippen LogP contribution in [0.1, 0.15) is 43.0 Å². The third kappa shape index (κ3) is 5.63. The molecule has 0 bridgehead atoms. The fourth-order valence-corrected chi connectivity index (χ4v) is 1.96. The Morgan fingerprint density at radius 3 is 2.00 bits per heavy atom. The zero-order valence-electron chi connectivity index (χ0n) is 14.0. The second kappa shape index (κ2) is 9.83. The lowest BCUT2D eigenvalue weighted by Gasteiger charge is -2.18. The lowest BCUT2D eigenvalue weighted by molar-refractivity contribution is -0.305. The quantitative estimate of drug-likeness (QED) is 0.224. The molecule has 1 atom stereocenters. The Labute approximate surface area is 150 Å². The number of hydrogen-bond donors (Lipinski definition) is 1. The monoisotopic (exact) mass is 396 g/mol. The van der Waals surface area contributed by atoms with Gasteiger partial charge in [-0.15, -0.1) is 0 Å². The Morgan fingerprint density at radius 2 is 1.52 bits per heavy atom. The first-order valence-electron chi connectivity index (χ1n) is 7.80. The van der Waals surface area contributed by atoms with Crippen molar-refractivity contribution in [2.24, 2.45) is 0 Å². The minimum absolute atomic E-state index is 0.0739. The first-order chi connectivity index (χ1) is 12.6. The van der Waals surface area contributed by atoms with Crippen LogP contribution in [0, 0.1) is 29.1 Å². The number of rotatable bonds is 9. The molecule has 0 saturated carbocycles. The summed E-state index contributed by atoms with van der Waals surface area (Å²) >= 11 is 0. The number of nitrogens with one attached hydrogen (secondary N) is 1. The molecular formula is C16H15F5NO5-. The highest BCUT2D eigenvalue weighted by molar-refractivity contribution is 5.97. The molecule has 150 valence electrons. The summed E-state index contributed by atoms with van der Waals surface area (Å²) in [5, 5.41) is 12.3. The lowest BCUT2D eigenvalue weighted by atomic mass is 10.1. The second-order valence-corrected chi connectivity index (χ2v) is 5.40.